The number of para-hydroxylation sites is 3. The molecule has 1 aromatic heterocycles. The summed E-state index contributed by atoms with van der Waals surface area (Å²) in [7, 11) is -3.75. The first-order valence-corrected chi connectivity index (χ1v) is 12.4. The fraction of sp³-hybridized carbons (Fsp3) is 0.130. The standard InChI is InChI=1S/C23H22N4O3S2/c1-16(17-11-13-19(14-12-17)32(24,29)30)25-22(28)15-31-23-26-20-9-5-6-10-21(20)27(23)18-7-3-2-4-8-18/h2-14,16H,15H2,1H3,(H,25,28)(H2,24,29,30)/t16-/m0/s1. The molecule has 0 unspecified atom stereocenters. The number of aromatic nitrogens is 2. The highest BCUT2D eigenvalue weighted by Crippen LogP contribution is 2.28. The maximum atomic E-state index is 12.6. The van der Waals surface area contributed by atoms with Crippen LogP contribution in [0.2, 0.25) is 0 Å². The molecule has 0 saturated carbocycles. The lowest BCUT2D eigenvalue weighted by molar-refractivity contribution is -0.119. The van der Waals surface area contributed by atoms with Gasteiger partial charge in [0.2, 0.25) is 15.9 Å². The molecule has 7 nitrogen and oxygen atoms in total. The molecule has 0 spiro atoms. The van der Waals surface area contributed by atoms with Crippen LogP contribution in [0.15, 0.2) is 88.9 Å². The summed E-state index contributed by atoms with van der Waals surface area (Å²) < 4.78 is 24.9. The molecule has 9 heteroatoms. The van der Waals surface area contributed by atoms with Gasteiger partial charge in [-0.2, -0.15) is 0 Å². The van der Waals surface area contributed by atoms with Crippen molar-refractivity contribution in [1.82, 2.24) is 14.9 Å². The van der Waals surface area contributed by atoms with Gasteiger partial charge in [-0.25, -0.2) is 18.5 Å². The number of rotatable bonds is 7. The Morgan fingerprint density at radius 1 is 1.03 bits per heavy atom. The van der Waals surface area contributed by atoms with Crippen molar-refractivity contribution in [2.24, 2.45) is 5.14 Å². The number of thioether (sulfide) groups is 1. The van der Waals surface area contributed by atoms with E-state index in [0.717, 1.165) is 27.4 Å². The summed E-state index contributed by atoms with van der Waals surface area (Å²) in [5.41, 5.74) is 3.60. The molecule has 1 amide bonds. The lowest BCUT2D eigenvalue weighted by atomic mass is 10.1. The van der Waals surface area contributed by atoms with Crippen molar-refractivity contribution in [2.75, 3.05) is 5.75 Å². The Morgan fingerprint density at radius 2 is 1.69 bits per heavy atom. The average Bonchev–Trinajstić information content (AvgIpc) is 3.16. The van der Waals surface area contributed by atoms with E-state index in [0.29, 0.717) is 0 Å². The first-order chi connectivity index (χ1) is 15.3. The van der Waals surface area contributed by atoms with E-state index in [4.69, 9.17) is 10.1 Å². The summed E-state index contributed by atoms with van der Waals surface area (Å²) in [5, 5.41) is 8.81. The van der Waals surface area contributed by atoms with Gasteiger partial charge in [-0.15, -0.1) is 0 Å². The zero-order valence-electron chi connectivity index (χ0n) is 17.3. The first kappa shape index (κ1) is 22.1. The third kappa shape index (κ3) is 4.85. The number of amides is 1. The second-order valence-corrected chi connectivity index (χ2v) is 9.75. The van der Waals surface area contributed by atoms with E-state index >= 15 is 0 Å². The fourth-order valence-electron chi connectivity index (χ4n) is 3.37. The smallest absolute Gasteiger partial charge is 0.238 e. The summed E-state index contributed by atoms with van der Waals surface area (Å²) in [4.78, 5) is 17.3. The lowest BCUT2D eigenvalue weighted by Crippen LogP contribution is -2.28. The fourth-order valence-corrected chi connectivity index (χ4v) is 4.72. The van der Waals surface area contributed by atoms with Crippen LogP contribution in [0.3, 0.4) is 0 Å². The second kappa shape index (κ2) is 9.15. The number of benzene rings is 3. The molecule has 0 bridgehead atoms. The topological polar surface area (TPSA) is 107 Å². The van der Waals surface area contributed by atoms with E-state index in [1.165, 1.54) is 23.9 Å². The Balaban J connectivity index is 1.47. The zero-order valence-corrected chi connectivity index (χ0v) is 18.9. The predicted octanol–water partition coefficient (Wildman–Crippen LogP) is 3.64. The molecule has 0 aliphatic heterocycles. The van der Waals surface area contributed by atoms with Crippen LogP contribution in [-0.4, -0.2) is 29.6 Å². The number of nitrogens with two attached hydrogens (primary N) is 1. The van der Waals surface area contributed by atoms with Gasteiger partial charge in [-0.3, -0.25) is 9.36 Å². The van der Waals surface area contributed by atoms with Crippen LogP contribution in [0.4, 0.5) is 0 Å². The Morgan fingerprint density at radius 3 is 2.38 bits per heavy atom. The van der Waals surface area contributed by atoms with E-state index in [1.54, 1.807) is 12.1 Å². The highest BCUT2D eigenvalue weighted by Gasteiger charge is 2.16. The number of carbonyl (C=O) groups is 1. The monoisotopic (exact) mass is 466 g/mol. The lowest BCUT2D eigenvalue weighted by Gasteiger charge is -2.15. The largest absolute Gasteiger partial charge is 0.349 e. The van der Waals surface area contributed by atoms with Crippen LogP contribution in [0, 0.1) is 0 Å². The van der Waals surface area contributed by atoms with Gasteiger partial charge in [-0.05, 0) is 48.9 Å². The van der Waals surface area contributed by atoms with Crippen molar-refractivity contribution in [3.05, 3.63) is 84.4 Å². The average molecular weight is 467 g/mol. The summed E-state index contributed by atoms with van der Waals surface area (Å²) in [6, 6.07) is 23.6. The Kier molecular flexibility index (Phi) is 6.31. The third-order valence-corrected chi connectivity index (χ3v) is 6.83. The number of nitrogens with one attached hydrogen (secondary N) is 1. The molecule has 0 radical (unpaired) electrons. The minimum absolute atomic E-state index is 0.0372. The van der Waals surface area contributed by atoms with Gasteiger partial charge in [0.1, 0.15) is 0 Å². The first-order valence-electron chi connectivity index (χ1n) is 9.91. The summed E-state index contributed by atoms with van der Waals surface area (Å²) in [5.74, 6) is 0.0418. The van der Waals surface area contributed by atoms with Crippen molar-refractivity contribution >= 4 is 38.7 Å². The van der Waals surface area contributed by atoms with Crippen molar-refractivity contribution in [3.63, 3.8) is 0 Å². The zero-order chi connectivity index (χ0) is 22.7. The van der Waals surface area contributed by atoms with Crippen LogP contribution < -0.4 is 10.5 Å². The second-order valence-electron chi connectivity index (χ2n) is 7.25. The van der Waals surface area contributed by atoms with E-state index in [1.807, 2.05) is 66.1 Å². The Bertz CT molecular complexity index is 1350. The number of hydrogen-bond donors (Lipinski definition) is 2. The molecule has 0 saturated heterocycles. The summed E-state index contributed by atoms with van der Waals surface area (Å²) >= 11 is 1.36. The number of carbonyl (C=O) groups excluding carboxylic acids is 1. The molecule has 1 heterocycles. The minimum Gasteiger partial charge on any atom is -0.349 e. The van der Waals surface area contributed by atoms with Gasteiger partial charge in [0.15, 0.2) is 5.16 Å². The molecule has 3 N–H and O–H groups in total. The molecule has 0 aliphatic rings. The van der Waals surface area contributed by atoms with Gasteiger partial charge >= 0.3 is 0 Å². The minimum atomic E-state index is -3.75. The molecule has 4 rings (SSSR count). The summed E-state index contributed by atoms with van der Waals surface area (Å²) in [6.45, 7) is 1.84. The molecule has 1 atom stereocenters. The number of hydrogen-bond acceptors (Lipinski definition) is 5. The van der Waals surface area contributed by atoms with E-state index in [9.17, 15) is 13.2 Å². The Hall–Kier alpha value is -3.14. The normalized spacial score (nSPS) is 12.6. The highest BCUT2D eigenvalue weighted by molar-refractivity contribution is 7.99. The van der Waals surface area contributed by atoms with Gasteiger partial charge in [-0.1, -0.05) is 54.2 Å². The van der Waals surface area contributed by atoms with Crippen LogP contribution in [0.5, 0.6) is 0 Å². The molecular weight excluding hydrogens is 444 g/mol. The van der Waals surface area contributed by atoms with E-state index in [-0.39, 0.29) is 22.6 Å². The molecule has 0 fully saturated rings. The maximum absolute atomic E-state index is 12.6. The molecular formula is C23H22N4O3S2. The number of fused-ring (bicyclic) bond motifs is 1. The van der Waals surface area contributed by atoms with Crippen LogP contribution in [-0.2, 0) is 14.8 Å². The van der Waals surface area contributed by atoms with Crippen molar-refractivity contribution in [2.45, 2.75) is 23.0 Å². The number of primary sulfonamides is 1. The molecule has 3 aromatic carbocycles. The molecule has 164 valence electrons. The number of imidazole rings is 1. The third-order valence-electron chi connectivity index (χ3n) is 4.96. The van der Waals surface area contributed by atoms with Crippen molar-refractivity contribution in [3.8, 4) is 5.69 Å². The van der Waals surface area contributed by atoms with E-state index in [2.05, 4.69) is 5.32 Å². The van der Waals surface area contributed by atoms with Crippen molar-refractivity contribution in [1.29, 1.82) is 0 Å². The van der Waals surface area contributed by atoms with Crippen LogP contribution in [0.25, 0.3) is 16.7 Å². The highest BCUT2D eigenvalue weighted by atomic mass is 32.2. The number of sulfonamides is 1. The number of nitrogens with zero attached hydrogens (tertiary/aromatic N) is 2. The SMILES string of the molecule is C[C@H](NC(=O)CSc1nc2ccccc2n1-c1ccccc1)c1ccc(S(N)(=O)=O)cc1. The molecule has 0 aliphatic carbocycles. The van der Waals surface area contributed by atoms with E-state index < -0.39 is 10.0 Å². The quantitative estimate of drug-likeness (QED) is 0.404. The van der Waals surface area contributed by atoms with Crippen LogP contribution >= 0.6 is 11.8 Å². The molecule has 4 aromatic rings. The van der Waals surface area contributed by atoms with Gasteiger partial charge in [0.05, 0.1) is 27.7 Å². The molecule has 32 heavy (non-hydrogen) atoms. The van der Waals surface area contributed by atoms with Gasteiger partial charge < -0.3 is 5.32 Å². The maximum Gasteiger partial charge on any atom is 0.238 e. The van der Waals surface area contributed by atoms with Crippen LogP contribution in [0.1, 0.15) is 18.5 Å². The predicted molar refractivity (Wildman–Crippen MR) is 126 cm³/mol. The van der Waals surface area contributed by atoms with Crippen molar-refractivity contribution < 1.29 is 13.2 Å². The Labute approximate surface area is 190 Å². The van der Waals surface area contributed by atoms with Gasteiger partial charge in [0, 0.05) is 5.69 Å². The summed E-state index contributed by atoms with van der Waals surface area (Å²) in [6.07, 6.45) is 0. The van der Waals surface area contributed by atoms with Gasteiger partial charge in [0.25, 0.3) is 0 Å².